The molecule has 2 rings (SSSR count). The lowest BCUT2D eigenvalue weighted by Gasteiger charge is -2.26. The Balaban J connectivity index is 2.48. The normalized spacial score (nSPS) is 26.4. The molecule has 0 bridgehead atoms. The van der Waals surface area contributed by atoms with Gasteiger partial charge in [-0.15, -0.1) is 0 Å². The Morgan fingerprint density at radius 3 is 2.86 bits per heavy atom. The first-order valence-electron chi connectivity index (χ1n) is 4.58. The maximum atomic E-state index is 12.0. The fraction of sp³-hybridized carbons (Fsp3) is 0.250. The lowest BCUT2D eigenvalue weighted by atomic mass is 9.75. The van der Waals surface area contributed by atoms with Crippen molar-refractivity contribution in [2.75, 3.05) is 0 Å². The molecule has 72 valence electrons. The topological polar surface area (TPSA) is 17.1 Å². The van der Waals surface area contributed by atoms with Crippen LogP contribution >= 0.6 is 11.3 Å². The van der Waals surface area contributed by atoms with Gasteiger partial charge < -0.3 is 0 Å². The Morgan fingerprint density at radius 2 is 2.21 bits per heavy atom. The smallest absolute Gasteiger partial charge is 0.172 e. The van der Waals surface area contributed by atoms with Gasteiger partial charge in [-0.25, -0.2) is 0 Å². The van der Waals surface area contributed by atoms with Gasteiger partial charge in [0.25, 0.3) is 0 Å². The summed E-state index contributed by atoms with van der Waals surface area (Å²) in [5.41, 5.74) is 1.48. The number of carbonyl (C=O) groups is 1. The van der Waals surface area contributed by atoms with E-state index in [4.69, 9.17) is 0 Å². The zero-order valence-electron chi connectivity index (χ0n) is 8.28. The second-order valence-corrected chi connectivity index (χ2v) is 4.53. The van der Waals surface area contributed by atoms with Crippen molar-refractivity contribution in [3.05, 3.63) is 46.2 Å². The summed E-state index contributed by atoms with van der Waals surface area (Å²) in [7, 11) is 0. The quantitative estimate of drug-likeness (QED) is 0.687. The maximum Gasteiger partial charge on any atom is 0.172 e. The molecule has 0 radical (unpaired) electrons. The average Bonchev–Trinajstić information content (AvgIpc) is 2.67. The van der Waals surface area contributed by atoms with Crippen molar-refractivity contribution >= 4 is 17.1 Å². The van der Waals surface area contributed by atoms with Gasteiger partial charge in [-0.2, -0.15) is 11.3 Å². The van der Waals surface area contributed by atoms with Crippen LogP contribution in [0.15, 0.2) is 40.6 Å². The predicted octanol–water partition coefficient (Wildman–Crippen LogP) is 3.09. The van der Waals surface area contributed by atoms with Gasteiger partial charge in [-0.3, -0.25) is 4.79 Å². The summed E-state index contributed by atoms with van der Waals surface area (Å²) in [4.78, 5) is 12.0. The van der Waals surface area contributed by atoms with Gasteiger partial charge in [-0.05, 0) is 41.8 Å². The molecule has 0 fully saturated rings. The van der Waals surface area contributed by atoms with Crippen molar-refractivity contribution < 1.29 is 4.79 Å². The van der Waals surface area contributed by atoms with E-state index in [1.54, 1.807) is 11.3 Å². The molecule has 0 aromatic carbocycles. The fourth-order valence-electron chi connectivity index (χ4n) is 1.73. The third-order valence-corrected chi connectivity index (χ3v) is 3.41. The van der Waals surface area contributed by atoms with E-state index in [1.165, 1.54) is 0 Å². The molecule has 1 atom stereocenters. The third kappa shape index (κ3) is 1.26. The average molecular weight is 204 g/mol. The summed E-state index contributed by atoms with van der Waals surface area (Å²) in [6.45, 7) is 3.85. The van der Waals surface area contributed by atoms with Crippen molar-refractivity contribution in [2.24, 2.45) is 0 Å². The van der Waals surface area contributed by atoms with E-state index in [0.29, 0.717) is 0 Å². The first-order valence-corrected chi connectivity index (χ1v) is 5.52. The van der Waals surface area contributed by atoms with Gasteiger partial charge in [0.05, 0.1) is 5.41 Å². The molecule has 14 heavy (non-hydrogen) atoms. The maximum absolute atomic E-state index is 12.0. The van der Waals surface area contributed by atoms with E-state index in [-0.39, 0.29) is 5.78 Å². The molecule has 0 aliphatic heterocycles. The fourth-order valence-corrected chi connectivity index (χ4v) is 2.51. The molecule has 1 aliphatic carbocycles. The molecule has 0 spiro atoms. The Hall–Kier alpha value is -1.15. The second kappa shape index (κ2) is 3.21. The summed E-state index contributed by atoms with van der Waals surface area (Å²) in [6, 6.07) is 2.02. The number of allylic oxidation sites excluding steroid dienone is 4. The highest BCUT2D eigenvalue weighted by atomic mass is 32.1. The Morgan fingerprint density at radius 1 is 1.43 bits per heavy atom. The predicted molar refractivity (Wildman–Crippen MR) is 59.6 cm³/mol. The number of rotatable bonds is 1. The van der Waals surface area contributed by atoms with Gasteiger partial charge >= 0.3 is 0 Å². The molecule has 1 aromatic rings. The highest BCUT2D eigenvalue weighted by molar-refractivity contribution is 7.08. The number of Topliss-reactive ketones (excluding diaryl/α,β-unsaturated/α-hetero) is 1. The number of carbonyl (C=O) groups excluding carboxylic acids is 1. The summed E-state index contributed by atoms with van der Waals surface area (Å²) in [6.07, 6.45) is 5.81. The molecule has 0 saturated heterocycles. The zero-order valence-corrected chi connectivity index (χ0v) is 9.10. The third-order valence-electron chi connectivity index (χ3n) is 2.73. The second-order valence-electron chi connectivity index (χ2n) is 3.75. The summed E-state index contributed by atoms with van der Waals surface area (Å²) < 4.78 is 0. The van der Waals surface area contributed by atoms with Crippen molar-refractivity contribution in [1.29, 1.82) is 0 Å². The highest BCUT2D eigenvalue weighted by Gasteiger charge is 2.34. The molecule has 0 saturated carbocycles. The van der Waals surface area contributed by atoms with Gasteiger partial charge in [0.1, 0.15) is 0 Å². The number of ketones is 1. The first kappa shape index (κ1) is 9.41. The molecule has 1 aliphatic rings. The van der Waals surface area contributed by atoms with Crippen LogP contribution in [0.2, 0.25) is 0 Å². The van der Waals surface area contributed by atoms with Crippen molar-refractivity contribution in [3.8, 4) is 0 Å². The van der Waals surface area contributed by atoms with Gasteiger partial charge in [-0.1, -0.05) is 18.2 Å². The zero-order chi connectivity index (χ0) is 10.2. The molecule has 0 N–H and O–H groups in total. The lowest BCUT2D eigenvalue weighted by molar-refractivity contribution is -0.118. The van der Waals surface area contributed by atoms with E-state index in [0.717, 1.165) is 11.1 Å². The summed E-state index contributed by atoms with van der Waals surface area (Å²) in [5, 5.41) is 4.05. The molecule has 1 unspecified atom stereocenters. The number of hydrogen-bond donors (Lipinski definition) is 0. The Labute approximate surface area is 87.8 Å². The van der Waals surface area contributed by atoms with E-state index in [9.17, 15) is 4.79 Å². The Kier molecular flexibility index (Phi) is 2.16. The standard InChI is InChI=1S/C12H12OS/c1-9-4-3-6-12(2,11(9)13)10-5-7-14-8-10/h3-8H,1-2H3. The van der Waals surface area contributed by atoms with Crippen LogP contribution in [0.4, 0.5) is 0 Å². The monoisotopic (exact) mass is 204 g/mol. The van der Waals surface area contributed by atoms with Crippen LogP contribution in [0.1, 0.15) is 19.4 Å². The van der Waals surface area contributed by atoms with Gasteiger partial charge in [0.2, 0.25) is 0 Å². The van der Waals surface area contributed by atoms with Gasteiger partial charge in [0, 0.05) is 0 Å². The SMILES string of the molecule is CC1=CC=CC(C)(c2ccsc2)C1=O. The number of hydrogen-bond acceptors (Lipinski definition) is 2. The highest BCUT2D eigenvalue weighted by Crippen LogP contribution is 2.33. The van der Waals surface area contributed by atoms with Crippen LogP contribution in [-0.4, -0.2) is 5.78 Å². The Bertz CT molecular complexity index is 412. The van der Waals surface area contributed by atoms with Crippen LogP contribution in [0.3, 0.4) is 0 Å². The molecular weight excluding hydrogens is 192 g/mol. The number of thiophene rings is 1. The van der Waals surface area contributed by atoms with E-state index in [2.05, 4.69) is 0 Å². The van der Waals surface area contributed by atoms with E-state index in [1.807, 2.05) is 48.9 Å². The molecule has 1 nitrogen and oxygen atoms in total. The molecule has 2 heteroatoms. The van der Waals surface area contributed by atoms with Crippen LogP contribution < -0.4 is 0 Å². The largest absolute Gasteiger partial charge is 0.293 e. The van der Waals surface area contributed by atoms with Crippen LogP contribution in [0.25, 0.3) is 0 Å². The summed E-state index contributed by atoms with van der Waals surface area (Å²) >= 11 is 1.63. The minimum Gasteiger partial charge on any atom is -0.293 e. The first-order chi connectivity index (χ1) is 6.64. The van der Waals surface area contributed by atoms with E-state index >= 15 is 0 Å². The van der Waals surface area contributed by atoms with Crippen molar-refractivity contribution in [1.82, 2.24) is 0 Å². The van der Waals surface area contributed by atoms with Crippen molar-refractivity contribution in [3.63, 3.8) is 0 Å². The molecular formula is C12H12OS. The van der Waals surface area contributed by atoms with Gasteiger partial charge in [0.15, 0.2) is 5.78 Å². The minimum atomic E-state index is -0.446. The molecule has 0 amide bonds. The van der Waals surface area contributed by atoms with Crippen LogP contribution in [0.5, 0.6) is 0 Å². The molecule has 1 aromatic heterocycles. The van der Waals surface area contributed by atoms with E-state index < -0.39 is 5.41 Å². The van der Waals surface area contributed by atoms with Crippen LogP contribution in [-0.2, 0) is 10.2 Å². The lowest BCUT2D eigenvalue weighted by Crippen LogP contribution is -2.32. The minimum absolute atomic E-state index is 0.207. The summed E-state index contributed by atoms with van der Waals surface area (Å²) in [5.74, 6) is 0.207. The van der Waals surface area contributed by atoms with Crippen LogP contribution in [0, 0.1) is 0 Å². The van der Waals surface area contributed by atoms with Crippen molar-refractivity contribution in [2.45, 2.75) is 19.3 Å². The molecule has 1 heterocycles.